The van der Waals surface area contributed by atoms with Crippen LogP contribution in [0, 0.1) is 0 Å². The Morgan fingerprint density at radius 1 is 1.32 bits per heavy atom. The Hall–Kier alpha value is -1.18. The average molecular weight is 304 g/mol. The number of carbonyl (C=O) groups is 1. The number of likely N-dealkylation sites (N-methyl/N-ethyl adjacent to an activating group) is 1. The van der Waals surface area contributed by atoms with Crippen LogP contribution in [0.4, 0.5) is 0 Å². The number of nitrogens with zero attached hydrogens (tertiary/aromatic N) is 3. The van der Waals surface area contributed by atoms with Crippen molar-refractivity contribution in [1.29, 1.82) is 0 Å². The Labute approximate surface area is 117 Å². The van der Waals surface area contributed by atoms with Gasteiger partial charge in [-0.1, -0.05) is 11.6 Å². The maximum Gasteiger partial charge on any atom is 0.245 e. The van der Waals surface area contributed by atoms with Crippen molar-refractivity contribution >= 4 is 27.5 Å². The molecule has 8 heteroatoms. The highest BCUT2D eigenvalue weighted by Crippen LogP contribution is 2.18. The largest absolute Gasteiger partial charge is 0.345 e. The molecule has 0 spiro atoms. The first-order valence-corrected chi connectivity index (χ1v) is 7.59. The summed E-state index contributed by atoms with van der Waals surface area (Å²) in [4.78, 5) is 17.1. The molecule has 1 aromatic heterocycles. The SMILES string of the molecule is CN1CCCN(S(=O)(=O)c2ccc(Cl)nc2)CC1=O. The van der Waals surface area contributed by atoms with Crippen LogP contribution in [-0.2, 0) is 14.8 Å². The van der Waals surface area contributed by atoms with Gasteiger partial charge in [0.05, 0.1) is 6.54 Å². The number of hydrogen-bond donors (Lipinski definition) is 0. The predicted octanol–water partition coefficient (Wildman–Crippen LogP) is 0.588. The van der Waals surface area contributed by atoms with Crippen LogP contribution in [0.3, 0.4) is 0 Å². The lowest BCUT2D eigenvalue weighted by Gasteiger charge is -2.19. The van der Waals surface area contributed by atoms with E-state index in [2.05, 4.69) is 4.98 Å². The van der Waals surface area contributed by atoms with Gasteiger partial charge in [0.25, 0.3) is 0 Å². The second-order valence-corrected chi connectivity index (χ2v) is 6.65. The molecule has 19 heavy (non-hydrogen) atoms. The van der Waals surface area contributed by atoms with Gasteiger partial charge in [-0.25, -0.2) is 13.4 Å². The van der Waals surface area contributed by atoms with Gasteiger partial charge in [-0.15, -0.1) is 0 Å². The van der Waals surface area contributed by atoms with Gasteiger partial charge in [0.1, 0.15) is 10.0 Å². The first kappa shape index (κ1) is 14.2. The number of amides is 1. The zero-order chi connectivity index (χ0) is 14.0. The van der Waals surface area contributed by atoms with E-state index < -0.39 is 10.0 Å². The predicted molar refractivity (Wildman–Crippen MR) is 70.3 cm³/mol. The average Bonchev–Trinajstić information content (AvgIpc) is 2.53. The summed E-state index contributed by atoms with van der Waals surface area (Å²) in [7, 11) is -2.02. The van der Waals surface area contributed by atoms with Gasteiger partial charge in [0, 0.05) is 26.3 Å². The molecule has 2 rings (SSSR count). The monoisotopic (exact) mass is 303 g/mol. The second kappa shape index (κ2) is 5.44. The molecule has 0 atom stereocenters. The molecule has 1 amide bonds. The number of sulfonamides is 1. The molecule has 1 aromatic rings. The van der Waals surface area contributed by atoms with Crippen LogP contribution in [-0.4, -0.2) is 55.2 Å². The number of pyridine rings is 1. The molecular formula is C11H14ClN3O3S. The van der Waals surface area contributed by atoms with E-state index in [-0.39, 0.29) is 22.5 Å². The number of halogens is 1. The van der Waals surface area contributed by atoms with Crippen LogP contribution < -0.4 is 0 Å². The van der Waals surface area contributed by atoms with Crippen LogP contribution in [0.1, 0.15) is 6.42 Å². The fourth-order valence-electron chi connectivity index (χ4n) is 1.83. The third kappa shape index (κ3) is 3.05. The summed E-state index contributed by atoms with van der Waals surface area (Å²) in [6, 6.07) is 2.81. The van der Waals surface area contributed by atoms with E-state index in [9.17, 15) is 13.2 Å². The molecule has 0 saturated carbocycles. The Bertz CT molecular complexity index is 573. The molecule has 1 fully saturated rings. The fourth-order valence-corrected chi connectivity index (χ4v) is 3.31. The number of rotatable bonds is 2. The lowest BCUT2D eigenvalue weighted by Crippen LogP contribution is -2.38. The molecule has 2 heterocycles. The normalized spacial score (nSPS) is 18.4. The van der Waals surface area contributed by atoms with E-state index in [0.29, 0.717) is 19.5 Å². The first-order chi connectivity index (χ1) is 8.91. The summed E-state index contributed by atoms with van der Waals surface area (Å²) in [5.74, 6) is -0.206. The first-order valence-electron chi connectivity index (χ1n) is 5.77. The zero-order valence-electron chi connectivity index (χ0n) is 10.4. The van der Waals surface area contributed by atoms with Crippen molar-refractivity contribution in [2.75, 3.05) is 26.7 Å². The number of aromatic nitrogens is 1. The molecule has 0 aliphatic carbocycles. The van der Waals surface area contributed by atoms with E-state index in [0.717, 1.165) is 0 Å². The molecule has 6 nitrogen and oxygen atoms in total. The highest BCUT2D eigenvalue weighted by Gasteiger charge is 2.29. The van der Waals surface area contributed by atoms with Gasteiger partial charge in [0.2, 0.25) is 15.9 Å². The van der Waals surface area contributed by atoms with Crippen LogP contribution >= 0.6 is 11.6 Å². The number of hydrogen-bond acceptors (Lipinski definition) is 4. The molecule has 0 radical (unpaired) electrons. The quantitative estimate of drug-likeness (QED) is 0.750. The van der Waals surface area contributed by atoms with E-state index in [1.54, 1.807) is 7.05 Å². The minimum atomic E-state index is -3.69. The standard InChI is InChI=1S/C11H14ClN3O3S/c1-14-5-2-6-15(8-11(14)16)19(17,18)9-3-4-10(12)13-7-9/h3-4,7H,2,5-6,8H2,1H3. The minimum Gasteiger partial charge on any atom is -0.345 e. The van der Waals surface area contributed by atoms with Gasteiger partial charge in [0.15, 0.2) is 0 Å². The van der Waals surface area contributed by atoms with Crippen molar-refractivity contribution in [1.82, 2.24) is 14.2 Å². The Kier molecular flexibility index (Phi) is 4.07. The summed E-state index contributed by atoms with van der Waals surface area (Å²) in [5, 5.41) is 0.227. The van der Waals surface area contributed by atoms with Gasteiger partial charge < -0.3 is 4.90 Å². The smallest absolute Gasteiger partial charge is 0.245 e. The lowest BCUT2D eigenvalue weighted by molar-refractivity contribution is -0.129. The second-order valence-electron chi connectivity index (χ2n) is 4.32. The summed E-state index contributed by atoms with van der Waals surface area (Å²) < 4.78 is 25.9. The molecule has 0 N–H and O–H groups in total. The molecule has 1 aliphatic rings. The summed E-state index contributed by atoms with van der Waals surface area (Å²) in [6.45, 7) is 0.742. The maximum atomic E-state index is 12.4. The number of carbonyl (C=O) groups excluding carboxylic acids is 1. The van der Waals surface area contributed by atoms with Crippen molar-refractivity contribution in [2.24, 2.45) is 0 Å². The summed E-state index contributed by atoms with van der Waals surface area (Å²) in [5.41, 5.74) is 0. The Balaban J connectivity index is 2.28. The lowest BCUT2D eigenvalue weighted by atomic mass is 10.4. The fraction of sp³-hybridized carbons (Fsp3) is 0.455. The zero-order valence-corrected chi connectivity index (χ0v) is 12.0. The molecule has 1 aliphatic heterocycles. The Morgan fingerprint density at radius 3 is 2.68 bits per heavy atom. The van der Waals surface area contributed by atoms with E-state index >= 15 is 0 Å². The summed E-state index contributed by atoms with van der Waals surface area (Å²) in [6.07, 6.45) is 1.82. The van der Waals surface area contributed by atoms with Crippen LogP contribution in [0.5, 0.6) is 0 Å². The van der Waals surface area contributed by atoms with Crippen molar-refractivity contribution in [3.05, 3.63) is 23.5 Å². The molecule has 104 valence electrons. The van der Waals surface area contributed by atoms with Crippen molar-refractivity contribution in [3.8, 4) is 0 Å². The van der Waals surface area contributed by atoms with Crippen LogP contribution in [0.2, 0.25) is 5.15 Å². The van der Waals surface area contributed by atoms with Gasteiger partial charge in [-0.05, 0) is 18.6 Å². The van der Waals surface area contributed by atoms with Crippen molar-refractivity contribution in [2.45, 2.75) is 11.3 Å². The Morgan fingerprint density at radius 2 is 2.05 bits per heavy atom. The topological polar surface area (TPSA) is 70.6 Å². The highest BCUT2D eigenvalue weighted by atomic mass is 35.5. The molecule has 0 aromatic carbocycles. The van der Waals surface area contributed by atoms with E-state index in [1.165, 1.54) is 27.5 Å². The van der Waals surface area contributed by atoms with Gasteiger partial charge in [-0.2, -0.15) is 4.31 Å². The van der Waals surface area contributed by atoms with Gasteiger partial charge >= 0.3 is 0 Å². The van der Waals surface area contributed by atoms with E-state index in [1.807, 2.05) is 0 Å². The third-order valence-electron chi connectivity index (χ3n) is 2.98. The maximum absolute atomic E-state index is 12.4. The van der Waals surface area contributed by atoms with Crippen molar-refractivity contribution in [3.63, 3.8) is 0 Å². The van der Waals surface area contributed by atoms with Crippen LogP contribution in [0.15, 0.2) is 23.2 Å². The molecule has 0 unspecified atom stereocenters. The molecule has 1 saturated heterocycles. The highest BCUT2D eigenvalue weighted by molar-refractivity contribution is 7.89. The molecular weight excluding hydrogens is 290 g/mol. The van der Waals surface area contributed by atoms with Crippen molar-refractivity contribution < 1.29 is 13.2 Å². The third-order valence-corrected chi connectivity index (χ3v) is 5.03. The van der Waals surface area contributed by atoms with Crippen LogP contribution in [0.25, 0.3) is 0 Å². The summed E-state index contributed by atoms with van der Waals surface area (Å²) >= 11 is 5.64. The molecule has 0 bridgehead atoms. The van der Waals surface area contributed by atoms with E-state index in [4.69, 9.17) is 11.6 Å². The van der Waals surface area contributed by atoms with Gasteiger partial charge in [-0.3, -0.25) is 4.79 Å². The minimum absolute atomic E-state index is 0.0502.